The van der Waals surface area contributed by atoms with Crippen molar-refractivity contribution in [2.75, 3.05) is 20.2 Å². The quantitative estimate of drug-likeness (QED) is 0.772. The van der Waals surface area contributed by atoms with E-state index in [4.69, 9.17) is 9.47 Å². The Kier molecular flexibility index (Phi) is 4.04. The third-order valence-corrected chi connectivity index (χ3v) is 3.02. The van der Waals surface area contributed by atoms with Crippen LogP contribution in [0, 0.1) is 0 Å². The largest absolute Gasteiger partial charge is 0.481 e. The van der Waals surface area contributed by atoms with Crippen molar-refractivity contribution in [2.45, 2.75) is 19.4 Å². The zero-order valence-corrected chi connectivity index (χ0v) is 11.1. The molecule has 0 N–H and O–H groups in total. The van der Waals surface area contributed by atoms with Crippen LogP contribution in [-0.4, -0.2) is 43.1 Å². The maximum Gasteiger partial charge on any atom is 0.338 e. The van der Waals surface area contributed by atoms with E-state index < -0.39 is 6.10 Å². The van der Waals surface area contributed by atoms with E-state index in [1.54, 1.807) is 43.1 Å². The highest BCUT2D eigenvalue weighted by Gasteiger charge is 2.30. The van der Waals surface area contributed by atoms with Gasteiger partial charge in [0, 0.05) is 20.0 Å². The van der Waals surface area contributed by atoms with Gasteiger partial charge in [-0.1, -0.05) is 0 Å². The van der Waals surface area contributed by atoms with E-state index in [1.807, 2.05) is 0 Å². The normalized spacial score (nSPS) is 18.5. The third kappa shape index (κ3) is 3.05. The first-order valence-electron chi connectivity index (χ1n) is 6.30. The molecule has 0 radical (unpaired) electrons. The molecule has 102 valence electrons. The molecule has 5 heteroatoms. The minimum absolute atomic E-state index is 0.00512. The van der Waals surface area contributed by atoms with Gasteiger partial charge in [0.2, 0.25) is 0 Å². The van der Waals surface area contributed by atoms with Gasteiger partial charge in [0.25, 0.3) is 5.91 Å². The molecule has 1 aliphatic rings. The molecular formula is C14H17NO4. The fraction of sp³-hybridized carbons (Fsp3) is 0.429. The molecule has 1 saturated heterocycles. The number of hydrogen-bond donors (Lipinski definition) is 0. The van der Waals surface area contributed by atoms with Crippen LogP contribution >= 0.6 is 0 Å². The van der Waals surface area contributed by atoms with Crippen molar-refractivity contribution in [3.63, 3.8) is 0 Å². The lowest BCUT2D eigenvalue weighted by Gasteiger charge is -2.13. The first kappa shape index (κ1) is 13.4. The van der Waals surface area contributed by atoms with Crippen LogP contribution < -0.4 is 4.74 Å². The average molecular weight is 263 g/mol. The van der Waals surface area contributed by atoms with Crippen LogP contribution in [0.2, 0.25) is 0 Å². The summed E-state index contributed by atoms with van der Waals surface area (Å²) in [5, 5.41) is 0. The molecule has 0 aliphatic carbocycles. The lowest BCUT2D eigenvalue weighted by atomic mass is 10.2. The van der Waals surface area contributed by atoms with Crippen LogP contribution in [-0.2, 0) is 9.53 Å². The number of benzene rings is 1. The van der Waals surface area contributed by atoms with Gasteiger partial charge in [0.1, 0.15) is 5.75 Å². The Balaban J connectivity index is 1.99. The van der Waals surface area contributed by atoms with E-state index in [0.29, 0.717) is 30.9 Å². The molecule has 1 aromatic rings. The predicted molar refractivity (Wildman–Crippen MR) is 69.1 cm³/mol. The molecule has 0 aromatic heterocycles. The molecule has 1 aliphatic heterocycles. The number of ether oxygens (including phenoxy) is 2. The SMILES string of the molecule is CCOC(=O)c1ccc(OC2CCN(C)C2=O)cc1. The molecule has 5 nitrogen and oxygen atoms in total. The standard InChI is InChI=1S/C14H17NO4/c1-3-18-14(17)10-4-6-11(7-5-10)19-12-8-9-15(2)13(12)16/h4-7,12H,3,8-9H2,1-2H3. The summed E-state index contributed by atoms with van der Waals surface area (Å²) in [6.07, 6.45) is 0.271. The van der Waals surface area contributed by atoms with Gasteiger partial charge in [-0.2, -0.15) is 0 Å². The van der Waals surface area contributed by atoms with E-state index in [0.717, 1.165) is 0 Å². The Morgan fingerprint density at radius 2 is 2.05 bits per heavy atom. The average Bonchev–Trinajstić information content (AvgIpc) is 2.72. The molecule has 1 aromatic carbocycles. The molecule has 0 spiro atoms. The zero-order valence-electron chi connectivity index (χ0n) is 11.1. The summed E-state index contributed by atoms with van der Waals surface area (Å²) in [5.41, 5.74) is 0.476. The molecule has 0 saturated carbocycles. The van der Waals surface area contributed by atoms with Crippen LogP contribution in [0.5, 0.6) is 5.75 Å². The van der Waals surface area contributed by atoms with Gasteiger partial charge in [-0.25, -0.2) is 4.79 Å². The Bertz CT molecular complexity index is 469. The maximum atomic E-state index is 11.7. The Morgan fingerprint density at radius 1 is 1.37 bits per heavy atom. The highest BCUT2D eigenvalue weighted by molar-refractivity contribution is 5.89. The summed E-state index contributed by atoms with van der Waals surface area (Å²) < 4.78 is 10.5. The smallest absolute Gasteiger partial charge is 0.338 e. The number of esters is 1. The molecule has 19 heavy (non-hydrogen) atoms. The van der Waals surface area contributed by atoms with Crippen LogP contribution in [0.3, 0.4) is 0 Å². The number of carbonyl (C=O) groups is 2. The minimum atomic E-state index is -0.418. The molecule has 2 rings (SSSR count). The van der Waals surface area contributed by atoms with Crippen molar-refractivity contribution in [2.24, 2.45) is 0 Å². The summed E-state index contributed by atoms with van der Waals surface area (Å²) in [7, 11) is 1.76. The van der Waals surface area contributed by atoms with E-state index in [-0.39, 0.29) is 11.9 Å². The van der Waals surface area contributed by atoms with Gasteiger partial charge in [-0.3, -0.25) is 4.79 Å². The van der Waals surface area contributed by atoms with Crippen molar-refractivity contribution in [3.05, 3.63) is 29.8 Å². The summed E-state index contributed by atoms with van der Waals surface area (Å²) in [6, 6.07) is 6.63. The molecule has 1 amide bonds. The topological polar surface area (TPSA) is 55.8 Å². The Hall–Kier alpha value is -2.04. The predicted octanol–water partition coefficient (Wildman–Crippen LogP) is 1.47. The second-order valence-corrected chi connectivity index (χ2v) is 4.40. The summed E-state index contributed by atoms with van der Waals surface area (Å²) in [5.74, 6) is 0.224. The molecule has 1 fully saturated rings. The van der Waals surface area contributed by atoms with Crippen molar-refractivity contribution < 1.29 is 19.1 Å². The second-order valence-electron chi connectivity index (χ2n) is 4.40. The fourth-order valence-electron chi connectivity index (χ4n) is 1.95. The highest BCUT2D eigenvalue weighted by Crippen LogP contribution is 2.19. The first-order valence-corrected chi connectivity index (χ1v) is 6.30. The number of carbonyl (C=O) groups excluding carboxylic acids is 2. The third-order valence-electron chi connectivity index (χ3n) is 3.02. The van der Waals surface area contributed by atoms with Gasteiger partial charge in [0.15, 0.2) is 6.10 Å². The first-order chi connectivity index (χ1) is 9.11. The van der Waals surface area contributed by atoms with Crippen LogP contribution in [0.1, 0.15) is 23.7 Å². The Morgan fingerprint density at radius 3 is 2.58 bits per heavy atom. The minimum Gasteiger partial charge on any atom is -0.481 e. The maximum absolute atomic E-state index is 11.7. The second kappa shape index (κ2) is 5.73. The number of likely N-dealkylation sites (N-methyl/N-ethyl adjacent to an activating group) is 1. The van der Waals surface area contributed by atoms with Crippen molar-refractivity contribution in [3.8, 4) is 5.75 Å². The summed E-state index contributed by atoms with van der Waals surface area (Å²) >= 11 is 0. The fourth-order valence-corrected chi connectivity index (χ4v) is 1.95. The summed E-state index contributed by atoms with van der Waals surface area (Å²) in [6.45, 7) is 2.82. The number of likely N-dealkylation sites (tertiary alicyclic amines) is 1. The molecule has 0 bridgehead atoms. The zero-order chi connectivity index (χ0) is 13.8. The van der Waals surface area contributed by atoms with Gasteiger partial charge in [-0.15, -0.1) is 0 Å². The molecular weight excluding hydrogens is 246 g/mol. The molecule has 1 unspecified atom stereocenters. The lowest BCUT2D eigenvalue weighted by molar-refractivity contribution is -0.132. The van der Waals surface area contributed by atoms with Crippen LogP contribution in [0.4, 0.5) is 0 Å². The lowest BCUT2D eigenvalue weighted by Crippen LogP contribution is -2.29. The van der Waals surface area contributed by atoms with Gasteiger partial charge in [0.05, 0.1) is 12.2 Å². The van der Waals surface area contributed by atoms with E-state index in [1.165, 1.54) is 0 Å². The number of hydrogen-bond acceptors (Lipinski definition) is 4. The highest BCUT2D eigenvalue weighted by atomic mass is 16.5. The summed E-state index contributed by atoms with van der Waals surface area (Å²) in [4.78, 5) is 24.8. The van der Waals surface area contributed by atoms with Crippen molar-refractivity contribution in [1.82, 2.24) is 4.90 Å². The number of amides is 1. The molecule has 1 atom stereocenters. The van der Waals surface area contributed by atoms with Gasteiger partial charge >= 0.3 is 5.97 Å². The van der Waals surface area contributed by atoms with Crippen LogP contribution in [0.15, 0.2) is 24.3 Å². The van der Waals surface area contributed by atoms with Crippen LogP contribution in [0.25, 0.3) is 0 Å². The van der Waals surface area contributed by atoms with E-state index in [9.17, 15) is 9.59 Å². The number of rotatable bonds is 4. The van der Waals surface area contributed by atoms with Gasteiger partial charge in [-0.05, 0) is 31.2 Å². The Labute approximate surface area is 112 Å². The number of nitrogens with zero attached hydrogens (tertiary/aromatic N) is 1. The van der Waals surface area contributed by atoms with Gasteiger partial charge < -0.3 is 14.4 Å². The van der Waals surface area contributed by atoms with Crippen molar-refractivity contribution >= 4 is 11.9 Å². The van der Waals surface area contributed by atoms with E-state index in [2.05, 4.69) is 0 Å². The van der Waals surface area contributed by atoms with E-state index >= 15 is 0 Å². The monoisotopic (exact) mass is 263 g/mol. The molecule has 1 heterocycles. The van der Waals surface area contributed by atoms with Crippen molar-refractivity contribution in [1.29, 1.82) is 0 Å².